The molecule has 2 N–H and O–H groups in total. The molecule has 2 amide bonds. The second-order valence-corrected chi connectivity index (χ2v) is 12.0. The van der Waals surface area contributed by atoms with Gasteiger partial charge in [0.1, 0.15) is 0 Å². The van der Waals surface area contributed by atoms with Gasteiger partial charge in [0.15, 0.2) is 8.68 Å². The normalized spacial score (nSPS) is 11.0. The second-order valence-electron chi connectivity index (χ2n) is 6.54. The van der Waals surface area contributed by atoms with Crippen LogP contribution in [0.25, 0.3) is 10.8 Å². The standard InChI is InChI=1S/C20H18N6O2S6/c1-29-17-23-19(33-25-17)31-9-15(27)21-13-5-3-11-4-6-14(8-12(11)7-13)22-16(28)10-32-20-24-18(30-2)26-34-20/h3-8H,9-10H2,1-2H3,(H,21,27)(H,22,28). The summed E-state index contributed by atoms with van der Waals surface area (Å²) in [5, 5.41) is 9.19. The summed E-state index contributed by atoms with van der Waals surface area (Å²) in [4.78, 5) is 33.4. The lowest BCUT2D eigenvalue weighted by Crippen LogP contribution is -2.14. The number of thioether (sulfide) groups is 4. The molecule has 8 nitrogen and oxygen atoms in total. The van der Waals surface area contributed by atoms with E-state index in [4.69, 9.17) is 0 Å². The smallest absolute Gasteiger partial charge is 0.234 e. The van der Waals surface area contributed by atoms with E-state index in [-0.39, 0.29) is 23.3 Å². The van der Waals surface area contributed by atoms with Gasteiger partial charge in [-0.1, -0.05) is 59.2 Å². The summed E-state index contributed by atoms with van der Waals surface area (Å²) < 4.78 is 9.93. The lowest BCUT2D eigenvalue weighted by atomic mass is 10.1. The Balaban J connectivity index is 1.33. The van der Waals surface area contributed by atoms with E-state index in [1.807, 2.05) is 48.9 Å². The molecule has 0 bridgehead atoms. The average molecular weight is 567 g/mol. The van der Waals surface area contributed by atoms with E-state index in [2.05, 4.69) is 29.3 Å². The van der Waals surface area contributed by atoms with Crippen LogP contribution in [0, 0.1) is 0 Å². The van der Waals surface area contributed by atoms with Gasteiger partial charge in [-0.3, -0.25) is 9.59 Å². The fraction of sp³-hybridized carbons (Fsp3) is 0.200. The minimum absolute atomic E-state index is 0.118. The Bertz CT molecular complexity index is 1210. The first-order valence-electron chi connectivity index (χ1n) is 9.67. The molecular weight excluding hydrogens is 549 g/mol. The Morgan fingerprint density at radius 1 is 0.765 bits per heavy atom. The number of hydrogen-bond donors (Lipinski definition) is 2. The predicted molar refractivity (Wildman–Crippen MR) is 146 cm³/mol. The molecule has 0 saturated heterocycles. The van der Waals surface area contributed by atoms with Gasteiger partial charge in [-0.25, -0.2) is 9.97 Å². The van der Waals surface area contributed by atoms with Gasteiger partial charge in [0.25, 0.3) is 0 Å². The molecule has 0 aliphatic carbocycles. The first-order chi connectivity index (χ1) is 16.5. The Kier molecular flexibility index (Phi) is 9.08. The molecule has 0 atom stereocenters. The molecule has 34 heavy (non-hydrogen) atoms. The zero-order valence-corrected chi connectivity index (χ0v) is 22.8. The van der Waals surface area contributed by atoms with Crippen molar-refractivity contribution in [1.29, 1.82) is 0 Å². The van der Waals surface area contributed by atoms with Gasteiger partial charge in [0.2, 0.25) is 22.1 Å². The monoisotopic (exact) mass is 566 g/mol. The summed E-state index contributed by atoms with van der Waals surface area (Å²) in [7, 11) is 0. The zero-order valence-electron chi connectivity index (χ0n) is 17.9. The van der Waals surface area contributed by atoms with E-state index in [0.29, 0.717) is 21.7 Å². The molecule has 2 aromatic heterocycles. The number of carbonyl (C=O) groups excluding carboxylic acids is 2. The summed E-state index contributed by atoms with van der Waals surface area (Å²) >= 11 is 8.27. The molecule has 0 spiro atoms. The predicted octanol–water partition coefficient (Wildman–Crippen LogP) is 5.45. The van der Waals surface area contributed by atoms with Crippen LogP contribution in [0.5, 0.6) is 0 Å². The van der Waals surface area contributed by atoms with Gasteiger partial charge in [0.05, 0.1) is 11.5 Å². The molecule has 0 aliphatic rings. The number of fused-ring (bicyclic) bond motifs is 1. The molecule has 4 rings (SSSR count). The maximum atomic E-state index is 12.4. The number of benzene rings is 2. The number of anilines is 2. The van der Waals surface area contributed by atoms with E-state index in [0.717, 1.165) is 19.5 Å². The van der Waals surface area contributed by atoms with Crippen LogP contribution in [-0.4, -0.2) is 54.5 Å². The molecule has 4 aromatic rings. The van der Waals surface area contributed by atoms with Crippen LogP contribution in [0.15, 0.2) is 55.4 Å². The van der Waals surface area contributed by atoms with Gasteiger partial charge in [-0.2, -0.15) is 8.75 Å². The Morgan fingerprint density at radius 3 is 1.65 bits per heavy atom. The van der Waals surface area contributed by atoms with E-state index in [9.17, 15) is 9.59 Å². The molecule has 14 heteroatoms. The highest BCUT2D eigenvalue weighted by molar-refractivity contribution is 8.02. The maximum absolute atomic E-state index is 12.4. The van der Waals surface area contributed by atoms with Crippen molar-refractivity contribution in [1.82, 2.24) is 18.7 Å². The summed E-state index contributed by atoms with van der Waals surface area (Å²) in [5.41, 5.74) is 1.39. The fourth-order valence-corrected chi connectivity index (χ4v) is 6.75. The van der Waals surface area contributed by atoms with Crippen LogP contribution in [-0.2, 0) is 9.59 Å². The highest BCUT2D eigenvalue weighted by Gasteiger charge is 2.10. The molecule has 0 unspecified atom stereocenters. The maximum Gasteiger partial charge on any atom is 0.234 e. The van der Waals surface area contributed by atoms with Crippen molar-refractivity contribution < 1.29 is 9.59 Å². The summed E-state index contributed by atoms with van der Waals surface area (Å²) in [5.74, 6) is 0.269. The number of nitrogens with one attached hydrogen (secondary N) is 2. The lowest BCUT2D eigenvalue weighted by molar-refractivity contribution is -0.114. The first kappa shape index (κ1) is 25.3. The van der Waals surface area contributed by atoms with Crippen LogP contribution < -0.4 is 10.6 Å². The summed E-state index contributed by atoms with van der Waals surface area (Å²) in [6.07, 6.45) is 3.83. The van der Waals surface area contributed by atoms with Gasteiger partial charge in [-0.15, -0.1) is 0 Å². The number of aromatic nitrogens is 4. The quantitative estimate of drug-likeness (QED) is 0.241. The number of nitrogens with zero attached hydrogens (tertiary/aromatic N) is 4. The highest BCUT2D eigenvalue weighted by atomic mass is 32.2. The second kappa shape index (κ2) is 12.2. The lowest BCUT2D eigenvalue weighted by Gasteiger charge is -2.09. The molecule has 2 aromatic carbocycles. The molecule has 0 fully saturated rings. The van der Waals surface area contributed by atoms with Crippen molar-refractivity contribution in [2.45, 2.75) is 19.0 Å². The van der Waals surface area contributed by atoms with Gasteiger partial charge in [-0.05, 0) is 70.6 Å². The Morgan fingerprint density at radius 2 is 1.24 bits per heavy atom. The fourth-order valence-electron chi connectivity index (χ4n) is 2.73. The highest BCUT2D eigenvalue weighted by Crippen LogP contribution is 2.26. The number of carbonyl (C=O) groups is 2. The van der Waals surface area contributed by atoms with Crippen molar-refractivity contribution in [3.8, 4) is 0 Å². The number of rotatable bonds is 10. The Labute approximate surface area is 221 Å². The third-order valence-corrected chi connectivity index (χ3v) is 9.20. The van der Waals surface area contributed by atoms with Gasteiger partial charge < -0.3 is 10.6 Å². The van der Waals surface area contributed by atoms with E-state index >= 15 is 0 Å². The van der Waals surface area contributed by atoms with Crippen LogP contribution >= 0.6 is 70.1 Å². The van der Waals surface area contributed by atoms with Crippen molar-refractivity contribution in [3.05, 3.63) is 36.4 Å². The topological polar surface area (TPSA) is 110 Å². The largest absolute Gasteiger partial charge is 0.325 e. The minimum Gasteiger partial charge on any atom is -0.325 e. The SMILES string of the molecule is CSc1nsc(SCC(=O)Nc2ccc3ccc(NC(=O)CSc4nc(SC)ns4)cc3c2)n1. The third-order valence-electron chi connectivity index (χ3n) is 4.20. The Hall–Kier alpha value is -1.84. The average Bonchev–Trinajstić information content (AvgIpc) is 3.50. The van der Waals surface area contributed by atoms with E-state index in [1.54, 1.807) is 0 Å². The molecule has 2 heterocycles. The van der Waals surface area contributed by atoms with Gasteiger partial charge >= 0.3 is 0 Å². The van der Waals surface area contributed by atoms with E-state index < -0.39 is 0 Å². The first-order valence-corrected chi connectivity index (χ1v) is 15.6. The molecule has 0 radical (unpaired) electrons. The third kappa shape index (κ3) is 7.09. The van der Waals surface area contributed by atoms with Crippen molar-refractivity contribution in [2.75, 3.05) is 34.7 Å². The van der Waals surface area contributed by atoms with Crippen LogP contribution in [0.4, 0.5) is 11.4 Å². The molecule has 176 valence electrons. The van der Waals surface area contributed by atoms with Crippen molar-refractivity contribution in [3.63, 3.8) is 0 Å². The molecular formula is C20H18N6O2S6. The molecule has 0 aliphatic heterocycles. The van der Waals surface area contributed by atoms with E-state index in [1.165, 1.54) is 70.1 Å². The summed E-state index contributed by atoms with van der Waals surface area (Å²) in [6.45, 7) is 0. The van der Waals surface area contributed by atoms with Gasteiger partial charge in [0, 0.05) is 11.4 Å². The molecule has 0 saturated carbocycles. The minimum atomic E-state index is -0.118. The number of amides is 2. The van der Waals surface area contributed by atoms with Crippen molar-refractivity contribution in [2.24, 2.45) is 0 Å². The zero-order chi connectivity index (χ0) is 23.9. The van der Waals surface area contributed by atoms with Crippen LogP contribution in [0.1, 0.15) is 0 Å². The number of hydrogen-bond acceptors (Lipinski definition) is 12. The van der Waals surface area contributed by atoms with Crippen LogP contribution in [0.2, 0.25) is 0 Å². The van der Waals surface area contributed by atoms with Crippen molar-refractivity contribution >= 4 is 104 Å². The summed E-state index contributed by atoms with van der Waals surface area (Å²) in [6, 6.07) is 11.4. The van der Waals surface area contributed by atoms with Crippen LogP contribution in [0.3, 0.4) is 0 Å².